The number of aliphatic hydroxyl groups is 1. The summed E-state index contributed by atoms with van der Waals surface area (Å²) in [6.07, 6.45) is 2.08. The maximum absolute atomic E-state index is 12.7. The third-order valence-electron chi connectivity index (χ3n) is 7.09. The summed E-state index contributed by atoms with van der Waals surface area (Å²) in [4.78, 5) is 20.8. The molecule has 3 N–H and O–H groups in total. The molecule has 1 fully saturated rings. The highest BCUT2D eigenvalue weighted by Crippen LogP contribution is 2.41. The normalized spacial score (nSPS) is 19.1. The number of amides is 1. The lowest BCUT2D eigenvalue weighted by Gasteiger charge is -2.32. The van der Waals surface area contributed by atoms with E-state index in [0.717, 1.165) is 68.7 Å². The molecule has 0 aliphatic carbocycles. The molecule has 6 nitrogen and oxygen atoms in total. The van der Waals surface area contributed by atoms with E-state index in [1.807, 2.05) is 6.92 Å². The smallest absolute Gasteiger partial charge is 0.263 e. The van der Waals surface area contributed by atoms with Crippen LogP contribution in [0.4, 0.5) is 11.4 Å². The van der Waals surface area contributed by atoms with Crippen molar-refractivity contribution in [2.24, 2.45) is 5.92 Å². The van der Waals surface area contributed by atoms with E-state index in [4.69, 9.17) is 4.98 Å². The Hall–Kier alpha value is -3.16. The fraction of sp³-hybridized carbons (Fsp3) is 0.333. The minimum Gasteiger partial charge on any atom is -0.396 e. The highest BCUT2D eigenvalue weighted by atomic mass is 32.1. The van der Waals surface area contributed by atoms with Crippen LogP contribution in [0.1, 0.15) is 29.4 Å². The van der Waals surface area contributed by atoms with Gasteiger partial charge in [-0.25, -0.2) is 4.98 Å². The number of hydrogen-bond acceptors (Lipinski definition) is 6. The lowest BCUT2D eigenvalue weighted by molar-refractivity contribution is 0.0949. The number of nitrogens with one attached hydrogen (secondary N) is 2. The monoisotopic (exact) mass is 472 g/mol. The second-order valence-corrected chi connectivity index (χ2v) is 10.5. The fourth-order valence-electron chi connectivity index (χ4n) is 5.10. The van der Waals surface area contributed by atoms with Crippen molar-refractivity contribution >= 4 is 49.6 Å². The third kappa shape index (κ3) is 3.69. The van der Waals surface area contributed by atoms with Crippen LogP contribution in [0.2, 0.25) is 0 Å². The van der Waals surface area contributed by atoms with Crippen molar-refractivity contribution in [1.82, 2.24) is 10.3 Å². The number of thiophene rings is 1. The summed E-state index contributed by atoms with van der Waals surface area (Å²) in [7, 11) is 0. The van der Waals surface area contributed by atoms with Crippen molar-refractivity contribution < 1.29 is 9.90 Å². The summed E-state index contributed by atoms with van der Waals surface area (Å²) in [5, 5.41) is 18.1. The lowest BCUT2D eigenvalue weighted by Crippen LogP contribution is -2.34. The summed E-state index contributed by atoms with van der Waals surface area (Å²) in [5.74, 6) is 0.432. The predicted octanol–water partition coefficient (Wildman–Crippen LogP) is 4.87. The molecule has 2 aromatic carbocycles. The standard InChI is InChI=1S/C27H28N4O2S/c1-16-14-28-25-24-20-6-7-21(30-22(20)8-9-23(24)34-26(25)27(33)29-16)18-2-4-19(5-3-18)31-12-10-17(15-32)11-13-31/h2-9,16-17,28,32H,10-15H2,1H3,(H,29,33). The van der Waals surface area contributed by atoms with Gasteiger partial charge in [0.25, 0.3) is 5.91 Å². The maximum Gasteiger partial charge on any atom is 0.263 e. The quantitative estimate of drug-likeness (QED) is 0.397. The molecule has 1 atom stereocenters. The molecule has 2 aliphatic rings. The van der Waals surface area contributed by atoms with Crippen molar-refractivity contribution in [2.45, 2.75) is 25.8 Å². The van der Waals surface area contributed by atoms with Gasteiger partial charge in [-0.05, 0) is 62.1 Å². The van der Waals surface area contributed by atoms with Crippen LogP contribution in [0.3, 0.4) is 0 Å². The number of fused-ring (bicyclic) bond motifs is 5. The number of pyridine rings is 1. The van der Waals surface area contributed by atoms with Crippen molar-refractivity contribution in [3.63, 3.8) is 0 Å². The molecule has 0 saturated carbocycles. The van der Waals surface area contributed by atoms with Gasteiger partial charge in [0.15, 0.2) is 0 Å². The van der Waals surface area contributed by atoms with Gasteiger partial charge in [0.05, 0.1) is 16.9 Å². The van der Waals surface area contributed by atoms with E-state index in [0.29, 0.717) is 19.1 Å². The van der Waals surface area contributed by atoms with Crippen molar-refractivity contribution in [3.8, 4) is 11.3 Å². The van der Waals surface area contributed by atoms with E-state index >= 15 is 0 Å². The SMILES string of the molecule is CC1CNc2c(sc3ccc4nc(-c5ccc(N6CCC(CO)CC6)cc5)ccc4c23)C(=O)N1. The minimum absolute atomic E-state index is 0.00731. The molecular weight excluding hydrogens is 444 g/mol. The number of aromatic nitrogens is 1. The van der Waals surface area contributed by atoms with Crippen LogP contribution in [-0.4, -0.2) is 48.3 Å². The Kier molecular flexibility index (Phi) is 5.38. The van der Waals surface area contributed by atoms with Gasteiger partial charge in [0.1, 0.15) is 4.88 Å². The molecular formula is C27H28N4O2S. The fourth-order valence-corrected chi connectivity index (χ4v) is 6.20. The molecule has 0 radical (unpaired) electrons. The number of nitrogens with zero attached hydrogens (tertiary/aromatic N) is 2. The first-order valence-corrected chi connectivity index (χ1v) is 12.8. The van der Waals surface area contributed by atoms with Crippen molar-refractivity contribution in [3.05, 3.63) is 53.4 Å². The Morgan fingerprint density at radius 1 is 1.09 bits per heavy atom. The largest absolute Gasteiger partial charge is 0.396 e. The first-order chi connectivity index (χ1) is 16.6. The molecule has 2 aromatic heterocycles. The second-order valence-electron chi connectivity index (χ2n) is 9.42. The molecule has 1 saturated heterocycles. The van der Waals surface area contributed by atoms with E-state index in [9.17, 15) is 9.90 Å². The van der Waals surface area contributed by atoms with Gasteiger partial charge >= 0.3 is 0 Å². The molecule has 1 unspecified atom stereocenters. The van der Waals surface area contributed by atoms with Crippen molar-refractivity contribution in [1.29, 1.82) is 0 Å². The molecule has 1 amide bonds. The zero-order chi connectivity index (χ0) is 23.2. The number of aliphatic hydroxyl groups excluding tert-OH is 1. The van der Waals surface area contributed by atoms with E-state index in [-0.39, 0.29) is 11.9 Å². The van der Waals surface area contributed by atoms with E-state index in [1.165, 1.54) is 17.0 Å². The summed E-state index contributed by atoms with van der Waals surface area (Å²) >= 11 is 1.53. The van der Waals surface area contributed by atoms with Gasteiger partial charge in [0.2, 0.25) is 0 Å². The molecule has 4 aromatic rings. The zero-order valence-corrected chi connectivity index (χ0v) is 20.0. The topological polar surface area (TPSA) is 77.5 Å². The van der Waals surface area contributed by atoms with Gasteiger partial charge in [-0.3, -0.25) is 4.79 Å². The van der Waals surface area contributed by atoms with Crippen LogP contribution in [-0.2, 0) is 0 Å². The first-order valence-electron chi connectivity index (χ1n) is 12.0. The Labute approximate surface area is 202 Å². The van der Waals surface area contributed by atoms with E-state index in [2.05, 4.69) is 64.1 Å². The Bertz CT molecular complexity index is 1370. The van der Waals surface area contributed by atoms with Crippen LogP contribution in [0, 0.1) is 5.92 Å². The van der Waals surface area contributed by atoms with Crippen molar-refractivity contribution in [2.75, 3.05) is 36.5 Å². The molecule has 7 heteroatoms. The van der Waals surface area contributed by atoms with Crippen LogP contribution < -0.4 is 15.5 Å². The van der Waals surface area contributed by atoms with Gasteiger partial charge < -0.3 is 20.6 Å². The second kappa shape index (κ2) is 8.56. The van der Waals surface area contributed by atoms with Gasteiger partial charge in [-0.15, -0.1) is 11.3 Å². The highest BCUT2D eigenvalue weighted by Gasteiger charge is 2.25. The average Bonchev–Trinajstić information content (AvgIpc) is 3.20. The number of rotatable bonds is 3. The molecule has 34 heavy (non-hydrogen) atoms. The Morgan fingerprint density at radius 2 is 1.88 bits per heavy atom. The summed E-state index contributed by atoms with van der Waals surface area (Å²) < 4.78 is 1.10. The summed E-state index contributed by atoms with van der Waals surface area (Å²) in [6.45, 7) is 4.99. The molecule has 4 heterocycles. The zero-order valence-electron chi connectivity index (χ0n) is 19.2. The van der Waals surface area contributed by atoms with E-state index in [1.54, 1.807) is 0 Å². The number of carbonyl (C=O) groups is 1. The number of piperidine rings is 1. The lowest BCUT2D eigenvalue weighted by atomic mass is 9.97. The van der Waals surface area contributed by atoms with Crippen LogP contribution in [0.15, 0.2) is 48.5 Å². The van der Waals surface area contributed by atoms with Crippen LogP contribution in [0.5, 0.6) is 0 Å². The number of hydrogen-bond donors (Lipinski definition) is 3. The molecule has 0 spiro atoms. The molecule has 174 valence electrons. The number of benzene rings is 2. The summed E-state index contributed by atoms with van der Waals surface area (Å²) in [6, 6.07) is 17.1. The highest BCUT2D eigenvalue weighted by molar-refractivity contribution is 7.21. The van der Waals surface area contributed by atoms with Crippen LogP contribution >= 0.6 is 11.3 Å². The van der Waals surface area contributed by atoms with Gasteiger partial charge in [-0.1, -0.05) is 12.1 Å². The van der Waals surface area contributed by atoms with Gasteiger partial charge in [0, 0.05) is 59.0 Å². The average molecular weight is 473 g/mol. The number of carbonyl (C=O) groups excluding carboxylic acids is 1. The van der Waals surface area contributed by atoms with Crippen LogP contribution in [0.25, 0.3) is 32.2 Å². The molecule has 2 aliphatic heterocycles. The third-order valence-corrected chi connectivity index (χ3v) is 8.25. The van der Waals surface area contributed by atoms with Gasteiger partial charge in [-0.2, -0.15) is 0 Å². The minimum atomic E-state index is -0.00731. The number of anilines is 2. The molecule has 6 rings (SSSR count). The molecule has 0 bridgehead atoms. The summed E-state index contributed by atoms with van der Waals surface area (Å²) in [5.41, 5.74) is 5.11. The predicted molar refractivity (Wildman–Crippen MR) is 140 cm³/mol. The Morgan fingerprint density at radius 3 is 2.65 bits per heavy atom. The Balaban J connectivity index is 1.33. The first kappa shape index (κ1) is 21.4. The maximum atomic E-state index is 12.7. The van der Waals surface area contributed by atoms with E-state index < -0.39 is 0 Å².